The SMILES string of the molecule is CC(C)(C)OC(=O)NC/C(=C\F)COc1ccc(-c2nc(C3(F)CC3)nn2COCC[Si](C)(C)C)cc1. The van der Waals surface area contributed by atoms with Crippen molar-refractivity contribution >= 4 is 14.2 Å². The standard InChI is InChI=1S/C26H38F2N4O4Si/c1-25(2,3)36-24(33)29-16-19(15-27)17-35-21-9-7-20(8-10-21)22-30-23(26(28)11-12-26)31-32(22)18-34-13-14-37(4,5)6/h7-10,15H,11-14,16-18H2,1-6H3,(H,29,33)/b19-15+. The highest BCUT2D eigenvalue weighted by molar-refractivity contribution is 6.76. The van der Waals surface area contributed by atoms with Crippen molar-refractivity contribution in [1.82, 2.24) is 20.1 Å². The summed E-state index contributed by atoms with van der Waals surface area (Å²) < 4.78 is 46.2. The molecular weight excluding hydrogens is 498 g/mol. The number of ether oxygens (including phenoxy) is 3. The third-order valence-corrected chi connectivity index (χ3v) is 7.23. The Morgan fingerprint density at radius 2 is 1.89 bits per heavy atom. The van der Waals surface area contributed by atoms with Crippen LogP contribution in [0.5, 0.6) is 5.75 Å². The smallest absolute Gasteiger partial charge is 0.407 e. The van der Waals surface area contributed by atoms with Gasteiger partial charge in [0.2, 0.25) is 0 Å². The van der Waals surface area contributed by atoms with E-state index in [0.717, 1.165) is 11.6 Å². The fourth-order valence-corrected chi connectivity index (χ4v) is 3.95. The zero-order valence-corrected chi connectivity index (χ0v) is 23.6. The van der Waals surface area contributed by atoms with Crippen molar-refractivity contribution in [3.63, 3.8) is 0 Å². The zero-order chi connectivity index (χ0) is 27.3. The van der Waals surface area contributed by atoms with Crippen molar-refractivity contribution in [2.24, 2.45) is 0 Å². The molecule has 0 unspecified atom stereocenters. The van der Waals surface area contributed by atoms with Crippen LogP contribution < -0.4 is 10.1 Å². The lowest BCUT2D eigenvalue weighted by Gasteiger charge is -2.20. The van der Waals surface area contributed by atoms with Gasteiger partial charge >= 0.3 is 6.09 Å². The minimum Gasteiger partial charge on any atom is -0.489 e. The van der Waals surface area contributed by atoms with Crippen LogP contribution in [0.15, 0.2) is 36.2 Å². The van der Waals surface area contributed by atoms with Crippen LogP contribution in [0.1, 0.15) is 39.4 Å². The highest BCUT2D eigenvalue weighted by Crippen LogP contribution is 2.48. The summed E-state index contributed by atoms with van der Waals surface area (Å²) in [6.07, 6.45) is 0.619. The summed E-state index contributed by atoms with van der Waals surface area (Å²) in [5, 5.41) is 6.90. The molecule has 0 bridgehead atoms. The molecule has 11 heteroatoms. The molecule has 1 aliphatic carbocycles. The van der Waals surface area contributed by atoms with Gasteiger partial charge in [-0.3, -0.25) is 0 Å². The Hall–Kier alpha value is -2.79. The first-order valence-electron chi connectivity index (χ1n) is 12.5. The molecule has 204 valence electrons. The molecule has 1 saturated carbocycles. The molecule has 0 aliphatic heterocycles. The number of hydrogen-bond acceptors (Lipinski definition) is 6. The molecular formula is C26H38F2N4O4Si. The van der Waals surface area contributed by atoms with Gasteiger partial charge in [0.15, 0.2) is 17.3 Å². The lowest BCUT2D eigenvalue weighted by molar-refractivity contribution is 0.0531. The summed E-state index contributed by atoms with van der Waals surface area (Å²) in [6.45, 7) is 12.8. The summed E-state index contributed by atoms with van der Waals surface area (Å²) in [5.74, 6) is 1.21. The number of nitrogens with zero attached hydrogens (tertiary/aromatic N) is 3. The van der Waals surface area contributed by atoms with E-state index in [2.05, 4.69) is 35.0 Å². The zero-order valence-electron chi connectivity index (χ0n) is 22.6. The van der Waals surface area contributed by atoms with E-state index in [1.54, 1.807) is 49.7 Å². The quantitative estimate of drug-likeness (QED) is 0.266. The largest absolute Gasteiger partial charge is 0.489 e. The Morgan fingerprint density at radius 3 is 2.46 bits per heavy atom. The van der Waals surface area contributed by atoms with Crippen LogP contribution in [0.4, 0.5) is 13.6 Å². The van der Waals surface area contributed by atoms with E-state index >= 15 is 0 Å². The molecule has 1 aromatic carbocycles. The number of carbonyl (C=O) groups excluding carboxylic acids is 1. The van der Waals surface area contributed by atoms with Gasteiger partial charge in [-0.1, -0.05) is 19.6 Å². The number of benzene rings is 1. The number of nitrogens with one attached hydrogen (secondary N) is 1. The molecule has 3 rings (SSSR count). The normalized spacial score (nSPS) is 15.4. The van der Waals surface area contributed by atoms with Crippen LogP contribution >= 0.6 is 0 Å². The molecule has 1 N–H and O–H groups in total. The van der Waals surface area contributed by atoms with Gasteiger partial charge in [0.25, 0.3) is 0 Å². The number of carbonyl (C=O) groups is 1. The molecule has 1 heterocycles. The molecule has 1 aromatic heterocycles. The molecule has 1 aliphatic rings. The fourth-order valence-electron chi connectivity index (χ4n) is 3.20. The molecule has 0 radical (unpaired) electrons. The summed E-state index contributed by atoms with van der Waals surface area (Å²) in [4.78, 5) is 16.3. The maximum Gasteiger partial charge on any atom is 0.407 e. The number of rotatable bonds is 12. The number of alkyl halides is 1. The fraction of sp³-hybridized carbons (Fsp3) is 0.577. The minimum atomic E-state index is -1.45. The van der Waals surface area contributed by atoms with Gasteiger partial charge in [0.05, 0.1) is 6.33 Å². The summed E-state index contributed by atoms with van der Waals surface area (Å²) in [6, 6.07) is 8.04. The van der Waals surface area contributed by atoms with Crippen LogP contribution in [0.3, 0.4) is 0 Å². The van der Waals surface area contributed by atoms with Gasteiger partial charge in [-0.15, -0.1) is 5.10 Å². The monoisotopic (exact) mass is 536 g/mol. The van der Waals surface area contributed by atoms with E-state index in [9.17, 15) is 13.6 Å². The van der Waals surface area contributed by atoms with Crippen LogP contribution in [0.25, 0.3) is 11.4 Å². The van der Waals surface area contributed by atoms with E-state index in [-0.39, 0.29) is 31.3 Å². The van der Waals surface area contributed by atoms with E-state index in [4.69, 9.17) is 14.2 Å². The van der Waals surface area contributed by atoms with Crippen LogP contribution in [-0.2, 0) is 21.9 Å². The number of amides is 1. The first-order valence-corrected chi connectivity index (χ1v) is 16.2. The highest BCUT2D eigenvalue weighted by atomic mass is 28.3. The van der Waals surface area contributed by atoms with Crippen molar-refractivity contribution in [2.75, 3.05) is 19.8 Å². The molecule has 1 fully saturated rings. The summed E-state index contributed by atoms with van der Waals surface area (Å²) in [7, 11) is -1.23. The Balaban J connectivity index is 1.60. The average Bonchev–Trinajstić information content (AvgIpc) is 3.40. The molecule has 37 heavy (non-hydrogen) atoms. The van der Waals surface area contributed by atoms with Crippen LogP contribution in [0, 0.1) is 0 Å². The number of halogens is 2. The Labute approximate surface area is 218 Å². The maximum absolute atomic E-state index is 14.7. The Bertz CT molecular complexity index is 1090. The van der Waals surface area contributed by atoms with Gasteiger partial charge in [-0.05, 0) is 63.9 Å². The van der Waals surface area contributed by atoms with Crippen molar-refractivity contribution < 1.29 is 27.8 Å². The van der Waals surface area contributed by atoms with E-state index in [0.29, 0.717) is 37.4 Å². The average molecular weight is 537 g/mol. The Kier molecular flexibility index (Phi) is 9.12. The van der Waals surface area contributed by atoms with Gasteiger partial charge < -0.3 is 19.5 Å². The molecule has 0 saturated heterocycles. The van der Waals surface area contributed by atoms with E-state index in [1.165, 1.54) is 0 Å². The Morgan fingerprint density at radius 1 is 1.22 bits per heavy atom. The third-order valence-electron chi connectivity index (χ3n) is 5.52. The maximum atomic E-state index is 14.7. The second kappa shape index (κ2) is 11.7. The predicted molar refractivity (Wildman–Crippen MR) is 141 cm³/mol. The molecule has 2 aromatic rings. The second-order valence-corrected chi connectivity index (χ2v) is 17.1. The number of aromatic nitrogens is 3. The summed E-state index contributed by atoms with van der Waals surface area (Å²) >= 11 is 0. The first-order chi connectivity index (χ1) is 17.3. The van der Waals surface area contributed by atoms with Crippen LogP contribution in [-0.4, -0.2) is 54.3 Å². The topological polar surface area (TPSA) is 87.5 Å². The van der Waals surface area contributed by atoms with E-state index < -0.39 is 25.4 Å². The third kappa shape index (κ3) is 9.23. The van der Waals surface area contributed by atoms with Gasteiger partial charge in [-0.25, -0.2) is 23.2 Å². The molecule has 0 spiro atoms. The van der Waals surface area contributed by atoms with Gasteiger partial charge in [0.1, 0.15) is 24.7 Å². The van der Waals surface area contributed by atoms with Crippen molar-refractivity contribution in [3.8, 4) is 17.1 Å². The van der Waals surface area contributed by atoms with Crippen molar-refractivity contribution in [3.05, 3.63) is 42.0 Å². The lowest BCUT2D eigenvalue weighted by atomic mass is 10.2. The summed E-state index contributed by atoms with van der Waals surface area (Å²) in [5.41, 5.74) is -1.12. The lowest BCUT2D eigenvalue weighted by Crippen LogP contribution is -2.34. The molecule has 1 amide bonds. The van der Waals surface area contributed by atoms with Gasteiger partial charge in [0, 0.05) is 32.4 Å². The van der Waals surface area contributed by atoms with Crippen molar-refractivity contribution in [2.45, 2.75) is 77.3 Å². The minimum absolute atomic E-state index is 0.0436. The molecule has 8 nitrogen and oxygen atoms in total. The number of alkyl carbamates (subject to hydrolysis) is 1. The number of hydrogen-bond donors (Lipinski definition) is 1. The van der Waals surface area contributed by atoms with Crippen molar-refractivity contribution in [1.29, 1.82) is 0 Å². The highest BCUT2D eigenvalue weighted by Gasteiger charge is 2.49. The predicted octanol–water partition coefficient (Wildman–Crippen LogP) is 5.97. The van der Waals surface area contributed by atoms with Gasteiger partial charge in [-0.2, -0.15) is 0 Å². The molecule has 0 atom stereocenters. The first kappa shape index (κ1) is 28.8. The van der Waals surface area contributed by atoms with E-state index in [1.807, 2.05) is 0 Å². The van der Waals surface area contributed by atoms with Crippen LogP contribution in [0.2, 0.25) is 25.7 Å². The second-order valence-electron chi connectivity index (χ2n) is 11.5.